The molecule has 2 N–H and O–H groups in total. The first-order valence-corrected chi connectivity index (χ1v) is 7.03. The molecule has 18 heavy (non-hydrogen) atoms. The lowest BCUT2D eigenvalue weighted by Gasteiger charge is -2.27. The highest BCUT2D eigenvalue weighted by Gasteiger charge is 2.35. The number of hydrogen-bond acceptors (Lipinski definition) is 5. The summed E-state index contributed by atoms with van der Waals surface area (Å²) in [6, 6.07) is -1.31. The lowest BCUT2D eigenvalue weighted by molar-refractivity contribution is -0.142. The molecule has 0 fully saturated rings. The van der Waals surface area contributed by atoms with E-state index in [0.29, 0.717) is 0 Å². The van der Waals surface area contributed by atoms with Crippen LogP contribution >= 0.6 is 0 Å². The third kappa shape index (κ3) is 5.97. The van der Waals surface area contributed by atoms with Crippen LogP contribution in [0.25, 0.3) is 0 Å². The average molecular weight is 281 g/mol. The van der Waals surface area contributed by atoms with Crippen molar-refractivity contribution in [2.45, 2.75) is 33.7 Å². The maximum absolute atomic E-state index is 11.6. The van der Waals surface area contributed by atoms with E-state index in [-0.39, 0.29) is 6.61 Å². The standard InChI is InChI=1S/C10H19NO6S/c1-5-17-7(12)6-18(15,16)11-8(9(13)14)10(2,3)4/h8,11H,5-6H2,1-4H3,(H,13,14)/t8-/m1/s1. The summed E-state index contributed by atoms with van der Waals surface area (Å²) in [5.74, 6) is -3.10. The molecule has 0 bridgehead atoms. The quantitative estimate of drug-likeness (QED) is 0.661. The molecule has 8 heteroatoms. The first kappa shape index (κ1) is 16.9. The van der Waals surface area contributed by atoms with E-state index >= 15 is 0 Å². The van der Waals surface area contributed by atoms with Gasteiger partial charge in [0, 0.05) is 0 Å². The summed E-state index contributed by atoms with van der Waals surface area (Å²) in [5, 5.41) is 8.97. The van der Waals surface area contributed by atoms with Crippen LogP contribution in [0.2, 0.25) is 0 Å². The number of carbonyl (C=O) groups is 2. The summed E-state index contributed by atoms with van der Waals surface area (Å²) < 4.78 is 29.7. The van der Waals surface area contributed by atoms with Gasteiger partial charge >= 0.3 is 11.9 Å². The number of esters is 1. The Morgan fingerprint density at radius 1 is 1.33 bits per heavy atom. The lowest BCUT2D eigenvalue weighted by atomic mass is 9.88. The van der Waals surface area contributed by atoms with Gasteiger partial charge in [-0.05, 0) is 12.3 Å². The van der Waals surface area contributed by atoms with Gasteiger partial charge in [-0.2, -0.15) is 4.72 Å². The molecule has 0 saturated carbocycles. The van der Waals surface area contributed by atoms with Gasteiger partial charge in [0.25, 0.3) is 0 Å². The molecular weight excluding hydrogens is 262 g/mol. The highest BCUT2D eigenvalue weighted by molar-refractivity contribution is 7.90. The lowest BCUT2D eigenvalue weighted by Crippen LogP contribution is -2.50. The van der Waals surface area contributed by atoms with Gasteiger partial charge in [-0.3, -0.25) is 9.59 Å². The molecular formula is C10H19NO6S. The molecule has 106 valence electrons. The first-order chi connectivity index (χ1) is 7.99. The summed E-state index contributed by atoms with van der Waals surface area (Å²) in [7, 11) is -4.04. The predicted molar refractivity (Wildman–Crippen MR) is 64.4 cm³/mol. The van der Waals surface area contributed by atoms with Gasteiger partial charge in [-0.15, -0.1) is 0 Å². The van der Waals surface area contributed by atoms with Gasteiger partial charge in [0.15, 0.2) is 5.75 Å². The number of hydrogen-bond donors (Lipinski definition) is 2. The molecule has 0 radical (unpaired) electrons. The summed E-state index contributed by atoms with van der Waals surface area (Å²) >= 11 is 0. The summed E-state index contributed by atoms with van der Waals surface area (Å²) in [5.41, 5.74) is -0.812. The Morgan fingerprint density at radius 3 is 2.17 bits per heavy atom. The van der Waals surface area contributed by atoms with Crippen molar-refractivity contribution < 1.29 is 27.9 Å². The van der Waals surface area contributed by atoms with Gasteiger partial charge in [0.05, 0.1) is 6.61 Å². The number of sulfonamides is 1. The van der Waals surface area contributed by atoms with Crippen molar-refractivity contribution in [2.24, 2.45) is 5.41 Å². The minimum atomic E-state index is -4.04. The van der Waals surface area contributed by atoms with Crippen LogP contribution in [0.3, 0.4) is 0 Å². The van der Waals surface area contributed by atoms with E-state index in [2.05, 4.69) is 4.74 Å². The van der Waals surface area contributed by atoms with E-state index in [1.165, 1.54) is 0 Å². The van der Waals surface area contributed by atoms with Crippen LogP contribution < -0.4 is 4.72 Å². The molecule has 0 aliphatic carbocycles. The van der Waals surface area contributed by atoms with Crippen LogP contribution in [0.4, 0.5) is 0 Å². The molecule has 0 aromatic heterocycles. The van der Waals surface area contributed by atoms with Gasteiger partial charge in [0.1, 0.15) is 6.04 Å². The van der Waals surface area contributed by atoms with Crippen molar-refractivity contribution in [3.05, 3.63) is 0 Å². The molecule has 0 aliphatic heterocycles. The SMILES string of the molecule is CCOC(=O)CS(=O)(=O)N[C@H](C(=O)O)C(C)(C)C. The number of carboxylic acid groups (broad SMARTS) is 1. The molecule has 0 heterocycles. The number of carbonyl (C=O) groups excluding carboxylic acids is 1. The molecule has 0 amide bonds. The summed E-state index contributed by atoms with van der Waals surface area (Å²) in [6.07, 6.45) is 0. The maximum Gasteiger partial charge on any atom is 0.322 e. The van der Waals surface area contributed by atoms with Crippen molar-refractivity contribution in [3.63, 3.8) is 0 Å². The molecule has 0 unspecified atom stereocenters. The highest BCUT2D eigenvalue weighted by atomic mass is 32.2. The van der Waals surface area contributed by atoms with Gasteiger partial charge in [-0.1, -0.05) is 20.8 Å². The minimum Gasteiger partial charge on any atom is -0.480 e. The Labute approximate surface area is 107 Å². The second kappa shape index (κ2) is 6.14. The molecule has 0 aliphatic rings. The third-order valence-electron chi connectivity index (χ3n) is 2.02. The van der Waals surface area contributed by atoms with E-state index in [1.54, 1.807) is 27.7 Å². The number of nitrogens with one attached hydrogen (secondary N) is 1. The fourth-order valence-corrected chi connectivity index (χ4v) is 2.47. The van der Waals surface area contributed by atoms with Gasteiger partial charge in [-0.25, -0.2) is 8.42 Å². The van der Waals surface area contributed by atoms with Crippen LogP contribution in [-0.4, -0.2) is 43.9 Å². The average Bonchev–Trinajstić information content (AvgIpc) is 2.11. The molecule has 0 aromatic carbocycles. The minimum absolute atomic E-state index is 0.0655. The molecule has 1 atom stereocenters. The number of rotatable bonds is 6. The molecule has 0 spiro atoms. The maximum atomic E-state index is 11.6. The van der Waals surface area contributed by atoms with Crippen molar-refractivity contribution in [1.29, 1.82) is 0 Å². The Bertz CT molecular complexity index is 409. The highest BCUT2D eigenvalue weighted by Crippen LogP contribution is 2.20. The van der Waals surface area contributed by atoms with E-state index in [0.717, 1.165) is 0 Å². The number of aliphatic carboxylic acids is 1. The van der Waals surface area contributed by atoms with Crippen LogP contribution in [0.1, 0.15) is 27.7 Å². The fourth-order valence-electron chi connectivity index (χ4n) is 1.18. The Balaban J connectivity index is 4.84. The second-order valence-corrected chi connectivity index (χ2v) is 6.57. The first-order valence-electron chi connectivity index (χ1n) is 5.38. The van der Waals surface area contributed by atoms with Crippen LogP contribution in [0, 0.1) is 5.41 Å². The van der Waals surface area contributed by atoms with Crippen LogP contribution in [0.5, 0.6) is 0 Å². The largest absolute Gasteiger partial charge is 0.480 e. The number of carboxylic acids is 1. The topological polar surface area (TPSA) is 110 Å². The van der Waals surface area contributed by atoms with Gasteiger partial charge in [0.2, 0.25) is 10.0 Å². The van der Waals surface area contributed by atoms with Crippen LogP contribution in [0.15, 0.2) is 0 Å². The molecule has 0 saturated heterocycles. The molecule has 0 aromatic rings. The zero-order valence-corrected chi connectivity index (χ0v) is 11.7. The summed E-state index contributed by atoms with van der Waals surface area (Å²) in [6.45, 7) is 6.36. The van der Waals surface area contributed by atoms with E-state index in [4.69, 9.17) is 5.11 Å². The summed E-state index contributed by atoms with van der Waals surface area (Å²) in [4.78, 5) is 22.1. The Kier molecular flexibility index (Phi) is 5.75. The fraction of sp³-hybridized carbons (Fsp3) is 0.800. The van der Waals surface area contributed by atoms with E-state index in [1.807, 2.05) is 4.72 Å². The third-order valence-corrected chi connectivity index (χ3v) is 3.23. The second-order valence-electron chi connectivity index (χ2n) is 4.82. The normalized spacial score (nSPS) is 14.0. The Hall–Kier alpha value is -1.15. The number of ether oxygens (including phenoxy) is 1. The van der Waals surface area contributed by atoms with Crippen molar-refractivity contribution in [1.82, 2.24) is 4.72 Å². The van der Waals surface area contributed by atoms with Crippen molar-refractivity contribution in [3.8, 4) is 0 Å². The van der Waals surface area contributed by atoms with Crippen LogP contribution in [-0.2, 0) is 24.3 Å². The molecule has 0 rings (SSSR count). The molecule has 7 nitrogen and oxygen atoms in total. The van der Waals surface area contributed by atoms with E-state index < -0.39 is 39.2 Å². The zero-order chi connectivity index (χ0) is 14.6. The van der Waals surface area contributed by atoms with Crippen molar-refractivity contribution in [2.75, 3.05) is 12.4 Å². The Morgan fingerprint density at radius 2 is 1.83 bits per heavy atom. The van der Waals surface area contributed by atoms with Crippen molar-refractivity contribution >= 4 is 22.0 Å². The predicted octanol–water partition coefficient (Wildman–Crippen LogP) is -0.0318. The monoisotopic (exact) mass is 281 g/mol. The van der Waals surface area contributed by atoms with E-state index in [9.17, 15) is 18.0 Å². The zero-order valence-electron chi connectivity index (χ0n) is 10.9. The van der Waals surface area contributed by atoms with Gasteiger partial charge < -0.3 is 9.84 Å². The smallest absolute Gasteiger partial charge is 0.322 e.